The quantitative estimate of drug-likeness (QED) is 0.876. The number of ether oxygens (including phenoxy) is 1. The van der Waals surface area contributed by atoms with Crippen molar-refractivity contribution in [2.75, 3.05) is 13.7 Å². The van der Waals surface area contributed by atoms with Crippen LogP contribution in [0.15, 0.2) is 24.3 Å². The average Bonchev–Trinajstić information content (AvgIpc) is 2.88. The van der Waals surface area contributed by atoms with Crippen molar-refractivity contribution >= 4 is 18.3 Å². The summed E-state index contributed by atoms with van der Waals surface area (Å²) in [7, 11) is 1.65. The first-order valence-electron chi connectivity index (χ1n) is 6.79. The smallest absolute Gasteiger partial charge is 0.251 e. The van der Waals surface area contributed by atoms with Crippen LogP contribution in [0.4, 0.5) is 0 Å². The molecule has 0 aromatic heterocycles. The van der Waals surface area contributed by atoms with Crippen LogP contribution < -0.4 is 11.1 Å². The van der Waals surface area contributed by atoms with Crippen molar-refractivity contribution in [3.8, 4) is 0 Å². The molecule has 20 heavy (non-hydrogen) atoms. The maximum absolute atomic E-state index is 12.3. The lowest BCUT2D eigenvalue weighted by Gasteiger charge is -2.28. The Morgan fingerprint density at radius 2 is 2.10 bits per heavy atom. The van der Waals surface area contributed by atoms with E-state index >= 15 is 0 Å². The summed E-state index contributed by atoms with van der Waals surface area (Å²) < 4.78 is 5.09. The fourth-order valence-electron chi connectivity index (χ4n) is 2.71. The molecule has 0 radical (unpaired) electrons. The van der Waals surface area contributed by atoms with E-state index in [2.05, 4.69) is 5.32 Å². The first-order valence-corrected chi connectivity index (χ1v) is 6.79. The monoisotopic (exact) mass is 298 g/mol. The summed E-state index contributed by atoms with van der Waals surface area (Å²) in [4.78, 5) is 12.3. The Hall–Kier alpha value is -1.10. The van der Waals surface area contributed by atoms with Crippen LogP contribution in [0.2, 0.25) is 0 Å². The minimum absolute atomic E-state index is 0. The van der Waals surface area contributed by atoms with Crippen LogP contribution in [-0.2, 0) is 11.3 Å². The van der Waals surface area contributed by atoms with E-state index in [1.54, 1.807) is 7.11 Å². The largest absolute Gasteiger partial charge is 0.380 e. The first kappa shape index (κ1) is 17.0. The summed E-state index contributed by atoms with van der Waals surface area (Å²) in [5.74, 6) is -0.0368. The molecule has 0 unspecified atom stereocenters. The Morgan fingerprint density at radius 1 is 1.40 bits per heavy atom. The summed E-state index contributed by atoms with van der Waals surface area (Å²) >= 11 is 0. The molecule has 0 heterocycles. The van der Waals surface area contributed by atoms with E-state index in [4.69, 9.17) is 10.5 Å². The van der Waals surface area contributed by atoms with E-state index in [1.807, 2.05) is 24.3 Å². The maximum Gasteiger partial charge on any atom is 0.251 e. The van der Waals surface area contributed by atoms with Crippen LogP contribution >= 0.6 is 12.4 Å². The molecule has 0 atom stereocenters. The van der Waals surface area contributed by atoms with E-state index in [-0.39, 0.29) is 23.9 Å². The average molecular weight is 299 g/mol. The summed E-state index contributed by atoms with van der Waals surface area (Å²) in [5.41, 5.74) is 7.32. The summed E-state index contributed by atoms with van der Waals surface area (Å²) in [6.07, 6.45) is 4.24. The molecule has 112 valence electrons. The lowest BCUT2D eigenvalue weighted by Crippen LogP contribution is -2.51. The molecule has 2 rings (SSSR count). The molecule has 1 amide bonds. The highest BCUT2D eigenvalue weighted by atomic mass is 35.5. The molecule has 1 aliphatic carbocycles. The highest BCUT2D eigenvalue weighted by Gasteiger charge is 2.34. The second-order valence-electron chi connectivity index (χ2n) is 5.28. The fourth-order valence-corrected chi connectivity index (χ4v) is 2.71. The van der Waals surface area contributed by atoms with Gasteiger partial charge < -0.3 is 15.8 Å². The van der Waals surface area contributed by atoms with Crippen molar-refractivity contribution in [2.24, 2.45) is 5.73 Å². The predicted octanol–water partition coefficient (Wildman–Crippen LogP) is 2.26. The Morgan fingerprint density at radius 3 is 2.70 bits per heavy atom. The molecule has 1 saturated carbocycles. The van der Waals surface area contributed by atoms with Crippen LogP contribution in [0.1, 0.15) is 41.6 Å². The summed E-state index contributed by atoms with van der Waals surface area (Å²) in [6.45, 7) is 1.03. The lowest BCUT2D eigenvalue weighted by molar-refractivity contribution is 0.0903. The van der Waals surface area contributed by atoms with Gasteiger partial charge in [-0.15, -0.1) is 12.4 Å². The third kappa shape index (κ3) is 3.95. The lowest BCUT2D eigenvalue weighted by atomic mass is 9.97. The number of hydrogen-bond donors (Lipinski definition) is 2. The highest BCUT2D eigenvalue weighted by molar-refractivity contribution is 5.94. The predicted molar refractivity (Wildman–Crippen MR) is 82.1 cm³/mol. The molecule has 0 saturated heterocycles. The minimum atomic E-state index is -0.200. The Kier molecular flexibility index (Phi) is 6.46. The molecule has 0 bridgehead atoms. The van der Waals surface area contributed by atoms with Gasteiger partial charge in [0, 0.05) is 19.2 Å². The van der Waals surface area contributed by atoms with Gasteiger partial charge in [0.05, 0.1) is 12.1 Å². The topological polar surface area (TPSA) is 64.3 Å². The van der Waals surface area contributed by atoms with E-state index in [0.29, 0.717) is 18.7 Å². The third-order valence-corrected chi connectivity index (χ3v) is 3.83. The van der Waals surface area contributed by atoms with Gasteiger partial charge in [0.15, 0.2) is 0 Å². The van der Waals surface area contributed by atoms with Gasteiger partial charge >= 0.3 is 0 Å². The van der Waals surface area contributed by atoms with Crippen molar-refractivity contribution in [1.82, 2.24) is 5.32 Å². The van der Waals surface area contributed by atoms with Crippen LogP contribution in [0.5, 0.6) is 0 Å². The molecule has 4 nitrogen and oxygen atoms in total. The molecule has 1 aromatic carbocycles. The van der Waals surface area contributed by atoms with E-state index < -0.39 is 0 Å². The fraction of sp³-hybridized carbons (Fsp3) is 0.533. The van der Waals surface area contributed by atoms with Gasteiger partial charge in [-0.3, -0.25) is 4.79 Å². The second-order valence-corrected chi connectivity index (χ2v) is 5.28. The number of nitrogens with two attached hydrogens (primary N) is 1. The standard InChI is InChI=1S/C15H22N2O2.ClH/c1-19-10-12-5-4-6-13(9-12)14(18)17-15(11-16)7-2-3-8-15;/h4-6,9H,2-3,7-8,10-11,16H2,1H3,(H,17,18);1H. The van der Waals surface area contributed by atoms with Crippen LogP contribution in [0.25, 0.3) is 0 Å². The van der Waals surface area contributed by atoms with Gasteiger partial charge in [0.1, 0.15) is 0 Å². The Bertz CT molecular complexity index is 445. The molecule has 5 heteroatoms. The van der Waals surface area contributed by atoms with Crippen molar-refractivity contribution in [1.29, 1.82) is 0 Å². The van der Waals surface area contributed by atoms with Crippen LogP contribution in [0.3, 0.4) is 0 Å². The second kappa shape index (κ2) is 7.62. The molecule has 0 aliphatic heterocycles. The Balaban J connectivity index is 0.00000200. The van der Waals surface area contributed by atoms with Gasteiger partial charge in [-0.1, -0.05) is 25.0 Å². The van der Waals surface area contributed by atoms with Crippen molar-refractivity contribution in [2.45, 2.75) is 37.8 Å². The molecule has 1 fully saturated rings. The van der Waals surface area contributed by atoms with E-state index in [0.717, 1.165) is 31.2 Å². The number of halogens is 1. The molecule has 1 aliphatic rings. The maximum atomic E-state index is 12.3. The van der Waals surface area contributed by atoms with Crippen molar-refractivity contribution in [3.05, 3.63) is 35.4 Å². The van der Waals surface area contributed by atoms with Gasteiger partial charge in [0.25, 0.3) is 5.91 Å². The third-order valence-electron chi connectivity index (χ3n) is 3.83. The molecular weight excluding hydrogens is 276 g/mol. The van der Waals surface area contributed by atoms with Crippen molar-refractivity contribution in [3.63, 3.8) is 0 Å². The van der Waals surface area contributed by atoms with Gasteiger partial charge in [-0.25, -0.2) is 0 Å². The number of carbonyl (C=O) groups is 1. The number of methoxy groups -OCH3 is 1. The highest BCUT2D eigenvalue weighted by Crippen LogP contribution is 2.28. The zero-order valence-corrected chi connectivity index (χ0v) is 12.7. The van der Waals surface area contributed by atoms with E-state index in [9.17, 15) is 4.79 Å². The first-order chi connectivity index (χ1) is 9.19. The minimum Gasteiger partial charge on any atom is -0.380 e. The number of benzene rings is 1. The molecule has 0 spiro atoms. The number of amides is 1. The van der Waals surface area contributed by atoms with Crippen LogP contribution in [-0.4, -0.2) is 25.1 Å². The zero-order valence-electron chi connectivity index (χ0n) is 11.9. The molecular formula is C15H23ClN2O2. The Labute approximate surface area is 126 Å². The van der Waals surface area contributed by atoms with Gasteiger partial charge in [-0.2, -0.15) is 0 Å². The normalized spacial score (nSPS) is 16.5. The molecule has 3 N–H and O–H groups in total. The van der Waals surface area contributed by atoms with E-state index in [1.165, 1.54) is 0 Å². The molecule has 1 aromatic rings. The SMILES string of the molecule is COCc1cccc(C(=O)NC2(CN)CCCC2)c1.Cl. The summed E-state index contributed by atoms with van der Waals surface area (Å²) in [6, 6.07) is 7.53. The van der Waals surface area contributed by atoms with Gasteiger partial charge in [0.2, 0.25) is 0 Å². The van der Waals surface area contributed by atoms with Crippen LogP contribution in [0, 0.1) is 0 Å². The number of rotatable bonds is 5. The van der Waals surface area contributed by atoms with Gasteiger partial charge in [-0.05, 0) is 30.5 Å². The number of hydrogen-bond acceptors (Lipinski definition) is 3. The summed E-state index contributed by atoms with van der Waals surface area (Å²) in [5, 5.41) is 3.12. The van der Waals surface area contributed by atoms with Crippen molar-refractivity contribution < 1.29 is 9.53 Å². The zero-order chi connectivity index (χ0) is 13.7. The number of nitrogens with one attached hydrogen (secondary N) is 1. The number of carbonyl (C=O) groups excluding carboxylic acids is 1.